The molecular formula is C34H33F3IN6O5-. The lowest BCUT2D eigenvalue weighted by molar-refractivity contribution is -0.137. The summed E-state index contributed by atoms with van der Waals surface area (Å²) in [5.74, 6) is -0.881. The van der Waals surface area contributed by atoms with Gasteiger partial charge in [0, 0.05) is 23.8 Å². The number of hydrogen-bond acceptors (Lipinski definition) is 6. The zero-order chi connectivity index (χ0) is 34.5. The lowest BCUT2D eigenvalue weighted by atomic mass is 9.94. The molecule has 1 aliphatic carbocycles. The highest BCUT2D eigenvalue weighted by Gasteiger charge is 2.41. The van der Waals surface area contributed by atoms with E-state index in [4.69, 9.17) is 13.0 Å². The molecule has 11 nitrogen and oxygen atoms in total. The fourth-order valence-corrected chi connectivity index (χ4v) is 6.99. The van der Waals surface area contributed by atoms with Gasteiger partial charge >= 0.3 is 6.18 Å². The number of ether oxygens (including phenoxy) is 2. The lowest BCUT2D eigenvalue weighted by Gasteiger charge is -2.43. The SMILES string of the molecule is [N-]=IN=NCCN1C(=O)c2cc(NC(=O)c3ccc(C(F)(F)F)cc3)ccc2OC[C@@H]2O[C@H](CC(=O)NC3Cc4ccccc4C3)CC[C@@H]21. The van der Waals surface area contributed by atoms with E-state index in [1.165, 1.54) is 29.3 Å². The van der Waals surface area contributed by atoms with E-state index in [2.05, 4.69) is 31.2 Å². The number of anilines is 1. The topological polar surface area (TPSA) is 144 Å². The average Bonchev–Trinajstić information content (AvgIpc) is 3.49. The highest BCUT2D eigenvalue weighted by atomic mass is 127. The van der Waals surface area contributed by atoms with Gasteiger partial charge in [-0.15, -0.1) is 21.3 Å². The number of nitrogens with zero attached hydrogens (tertiary/aromatic N) is 4. The minimum absolute atomic E-state index is 0.0137. The summed E-state index contributed by atoms with van der Waals surface area (Å²) >= 11 is -1.40. The van der Waals surface area contributed by atoms with Crippen molar-refractivity contribution in [3.8, 4) is 5.75 Å². The molecule has 0 radical (unpaired) electrons. The van der Waals surface area contributed by atoms with Crippen LogP contribution in [0.3, 0.4) is 0 Å². The Morgan fingerprint density at radius 2 is 1.76 bits per heavy atom. The number of hydrogen-bond donors (Lipinski definition) is 2. The maximum absolute atomic E-state index is 14.1. The van der Waals surface area contributed by atoms with E-state index < -0.39 is 57.0 Å². The van der Waals surface area contributed by atoms with Gasteiger partial charge in [0.15, 0.2) is 0 Å². The van der Waals surface area contributed by atoms with Crippen molar-refractivity contribution in [1.29, 1.82) is 0 Å². The maximum atomic E-state index is 14.1. The number of carbonyl (C=O) groups is 3. The summed E-state index contributed by atoms with van der Waals surface area (Å²) in [6.07, 6.45) is -2.61. The Hall–Kier alpha value is -4.25. The molecule has 0 bridgehead atoms. The number of carbonyl (C=O) groups excluding carboxylic acids is 3. The molecule has 49 heavy (non-hydrogen) atoms. The van der Waals surface area contributed by atoms with Crippen molar-refractivity contribution in [2.24, 2.45) is 8.44 Å². The van der Waals surface area contributed by atoms with Crippen molar-refractivity contribution in [2.45, 2.75) is 62.6 Å². The molecule has 2 heterocycles. The Morgan fingerprint density at radius 1 is 1.02 bits per heavy atom. The van der Waals surface area contributed by atoms with Gasteiger partial charge in [0.2, 0.25) is 5.91 Å². The molecule has 1 fully saturated rings. The van der Waals surface area contributed by atoms with Crippen LogP contribution in [-0.4, -0.2) is 66.6 Å². The highest BCUT2D eigenvalue weighted by molar-refractivity contribution is 14.2. The van der Waals surface area contributed by atoms with Gasteiger partial charge in [-0.2, -0.15) is 21.6 Å². The summed E-state index contributed by atoms with van der Waals surface area (Å²) in [5, 5.41) is 9.76. The van der Waals surface area contributed by atoms with E-state index >= 15 is 0 Å². The molecule has 3 aliphatic rings. The number of fused-ring (bicyclic) bond motifs is 3. The molecule has 258 valence electrons. The molecule has 15 heteroatoms. The smallest absolute Gasteiger partial charge is 0.416 e. The molecule has 3 aromatic carbocycles. The Labute approximate surface area is 290 Å². The molecule has 0 unspecified atom stereocenters. The van der Waals surface area contributed by atoms with Crippen LogP contribution in [0.4, 0.5) is 18.9 Å². The number of benzene rings is 3. The van der Waals surface area contributed by atoms with Gasteiger partial charge in [-0.05, 0) is 79.3 Å². The Morgan fingerprint density at radius 3 is 2.45 bits per heavy atom. The minimum Gasteiger partial charge on any atom is -0.753 e. The predicted octanol–water partition coefficient (Wildman–Crippen LogP) is 6.47. The van der Waals surface area contributed by atoms with E-state index in [1.807, 2.05) is 12.1 Å². The molecule has 3 atom stereocenters. The zero-order valence-corrected chi connectivity index (χ0v) is 28.3. The molecule has 1 saturated heterocycles. The Bertz CT molecular complexity index is 1730. The van der Waals surface area contributed by atoms with Gasteiger partial charge in [0.05, 0.1) is 36.2 Å². The Kier molecular flexibility index (Phi) is 10.7. The van der Waals surface area contributed by atoms with Crippen molar-refractivity contribution >= 4 is 44.7 Å². The van der Waals surface area contributed by atoms with Crippen LogP contribution in [-0.2, 0) is 28.5 Å². The largest absolute Gasteiger partial charge is 0.753 e. The van der Waals surface area contributed by atoms with Gasteiger partial charge in [-0.1, -0.05) is 24.3 Å². The third-order valence-electron chi connectivity index (χ3n) is 8.94. The van der Waals surface area contributed by atoms with Crippen molar-refractivity contribution in [2.75, 3.05) is 25.0 Å². The van der Waals surface area contributed by atoms with Crippen molar-refractivity contribution < 1.29 is 37.0 Å². The van der Waals surface area contributed by atoms with Crippen molar-refractivity contribution in [3.63, 3.8) is 0 Å². The van der Waals surface area contributed by atoms with Crippen LogP contribution in [0.15, 0.2) is 75.2 Å². The number of nitrogens with one attached hydrogen (secondary N) is 2. The minimum atomic E-state index is -4.53. The average molecular weight is 790 g/mol. The number of halogens is 4. The first-order valence-corrected chi connectivity index (χ1v) is 17.7. The summed E-state index contributed by atoms with van der Waals surface area (Å²) in [5.41, 5.74) is 2.06. The van der Waals surface area contributed by atoms with E-state index in [-0.39, 0.29) is 66.7 Å². The van der Waals surface area contributed by atoms with Gasteiger partial charge in [0.25, 0.3) is 11.8 Å². The molecule has 3 aromatic rings. The fraction of sp³-hybridized carbons (Fsp3) is 0.382. The van der Waals surface area contributed by atoms with Gasteiger partial charge in [0.1, 0.15) is 18.5 Å². The van der Waals surface area contributed by atoms with Crippen LogP contribution in [0.1, 0.15) is 56.7 Å². The second-order valence-corrected chi connectivity index (χ2v) is 13.0. The summed E-state index contributed by atoms with van der Waals surface area (Å²) in [7, 11) is 0. The van der Waals surface area contributed by atoms with Crippen LogP contribution >= 0.6 is 21.3 Å². The van der Waals surface area contributed by atoms with Crippen LogP contribution in [0.2, 0.25) is 0 Å². The normalized spacial score (nSPS) is 20.8. The number of rotatable bonds is 9. The van der Waals surface area contributed by atoms with E-state index in [0.717, 1.165) is 37.1 Å². The second-order valence-electron chi connectivity index (χ2n) is 12.2. The van der Waals surface area contributed by atoms with E-state index in [9.17, 15) is 27.6 Å². The molecule has 2 N–H and O–H groups in total. The summed E-state index contributed by atoms with van der Waals surface area (Å²) in [6.45, 7) is 0.412. The lowest BCUT2D eigenvalue weighted by Crippen LogP contribution is -2.56. The Balaban J connectivity index is 1.14. The van der Waals surface area contributed by atoms with Gasteiger partial charge in [-0.25, -0.2) is 0 Å². The molecule has 0 saturated carbocycles. The fourth-order valence-electron chi connectivity index (χ4n) is 6.63. The van der Waals surface area contributed by atoms with Crippen molar-refractivity contribution in [3.05, 3.63) is 98.1 Å². The van der Waals surface area contributed by atoms with Crippen LogP contribution in [0.25, 0.3) is 3.56 Å². The summed E-state index contributed by atoms with van der Waals surface area (Å²) in [4.78, 5) is 41.6. The monoisotopic (exact) mass is 789 g/mol. The van der Waals surface area contributed by atoms with Gasteiger partial charge < -0.3 is 28.6 Å². The predicted molar refractivity (Wildman–Crippen MR) is 182 cm³/mol. The van der Waals surface area contributed by atoms with Crippen LogP contribution in [0.5, 0.6) is 5.75 Å². The molecule has 3 amide bonds. The molecule has 2 aliphatic heterocycles. The highest BCUT2D eigenvalue weighted by Crippen LogP contribution is 2.34. The van der Waals surface area contributed by atoms with E-state index in [0.29, 0.717) is 12.8 Å². The second kappa shape index (κ2) is 15.1. The molecule has 0 aromatic heterocycles. The first-order valence-electron chi connectivity index (χ1n) is 15.8. The van der Waals surface area contributed by atoms with Crippen LogP contribution in [0, 0.1) is 0 Å². The number of amides is 3. The van der Waals surface area contributed by atoms with Gasteiger partial charge in [-0.3, -0.25) is 14.4 Å². The third-order valence-corrected chi connectivity index (χ3v) is 9.44. The van der Waals surface area contributed by atoms with Crippen LogP contribution < -0.4 is 15.4 Å². The molecule has 6 rings (SSSR count). The zero-order valence-electron chi connectivity index (χ0n) is 26.2. The molecular weight excluding hydrogens is 756 g/mol. The number of alkyl halides is 3. The molecule has 0 spiro atoms. The van der Waals surface area contributed by atoms with Crippen molar-refractivity contribution in [1.82, 2.24) is 10.2 Å². The van der Waals surface area contributed by atoms with E-state index in [1.54, 1.807) is 4.90 Å². The first kappa shape index (κ1) is 34.6. The third kappa shape index (κ3) is 8.32. The quantitative estimate of drug-likeness (QED) is 0.189. The summed E-state index contributed by atoms with van der Waals surface area (Å²) < 4.78 is 64.2. The first-order chi connectivity index (χ1) is 23.6. The summed E-state index contributed by atoms with van der Waals surface area (Å²) in [6, 6.07) is 16.2. The standard InChI is InChI=1S/C34H33F3IN6O5/c35-34(36,37)23-7-5-20(6-8-23)32(46)42-24-9-12-29-27(17-24)33(47)44(14-13-40-43-38-39)28-11-10-26(49-30(28)19-48-29)18-31(45)41-25-15-21-3-1-2-4-22(21)16-25/h1-9,12,17,25-26,28,30H,10-11,13-16,18-19H2,(H,41,45)(H,42,46)/q-1/t26-,28-,30-/m0/s1. The maximum Gasteiger partial charge on any atom is 0.416 e.